The van der Waals surface area contributed by atoms with Crippen molar-refractivity contribution in [2.24, 2.45) is 4.99 Å². The predicted molar refractivity (Wildman–Crippen MR) is 64.5 cm³/mol. The lowest BCUT2D eigenvalue weighted by atomic mass is 9.95. The molecule has 0 bridgehead atoms. The maximum Gasteiger partial charge on any atom is 0.194 e. The molecule has 1 saturated heterocycles. The molecule has 0 saturated carbocycles. The van der Waals surface area contributed by atoms with Crippen LogP contribution in [0.3, 0.4) is 0 Å². The zero-order valence-corrected chi connectivity index (χ0v) is 10.0. The minimum Gasteiger partial charge on any atom is -0.345 e. The van der Waals surface area contributed by atoms with Crippen LogP contribution in [0.1, 0.15) is 33.1 Å². The summed E-state index contributed by atoms with van der Waals surface area (Å²) >= 11 is 0. The molecule has 0 radical (unpaired) electrons. The molecule has 16 heavy (non-hydrogen) atoms. The van der Waals surface area contributed by atoms with Gasteiger partial charge in [0, 0.05) is 0 Å². The number of hydrogen-bond acceptors (Lipinski definition) is 3. The van der Waals surface area contributed by atoms with Crippen molar-refractivity contribution >= 4 is 6.21 Å². The van der Waals surface area contributed by atoms with Crippen molar-refractivity contribution < 1.29 is 9.47 Å². The highest BCUT2D eigenvalue weighted by Crippen LogP contribution is 2.27. The lowest BCUT2D eigenvalue weighted by Gasteiger charge is -2.15. The lowest BCUT2D eigenvalue weighted by Crippen LogP contribution is -2.09. The molecule has 0 aromatic heterocycles. The molecule has 0 spiro atoms. The van der Waals surface area contributed by atoms with Gasteiger partial charge in [-0.15, -0.1) is 0 Å². The molecular weight excluding hydrogens is 202 g/mol. The average Bonchev–Trinajstić information content (AvgIpc) is 2.80. The molecular formula is C13H19NO2. The second-order valence-electron chi connectivity index (χ2n) is 4.14. The molecule has 1 fully saturated rings. The first-order chi connectivity index (χ1) is 7.81. The van der Waals surface area contributed by atoms with Crippen molar-refractivity contribution in [3.8, 4) is 0 Å². The topological polar surface area (TPSA) is 30.8 Å². The van der Waals surface area contributed by atoms with Gasteiger partial charge < -0.3 is 9.47 Å². The molecule has 0 atom stereocenters. The summed E-state index contributed by atoms with van der Waals surface area (Å²) in [6.45, 7) is 5.67. The SMILES string of the molecule is CCC1=CCCC(C)=C1N=CC1OCCO1. The van der Waals surface area contributed by atoms with E-state index in [0.29, 0.717) is 13.2 Å². The van der Waals surface area contributed by atoms with E-state index in [0.717, 1.165) is 25.0 Å². The summed E-state index contributed by atoms with van der Waals surface area (Å²) in [7, 11) is 0. The number of hydrogen-bond donors (Lipinski definition) is 0. The van der Waals surface area contributed by atoms with Crippen LogP contribution in [0.15, 0.2) is 27.9 Å². The van der Waals surface area contributed by atoms with Crippen LogP contribution in [0, 0.1) is 0 Å². The number of allylic oxidation sites excluding steroid dienone is 3. The quantitative estimate of drug-likeness (QED) is 0.686. The molecule has 0 N–H and O–H groups in total. The first-order valence-corrected chi connectivity index (χ1v) is 5.98. The van der Waals surface area contributed by atoms with E-state index >= 15 is 0 Å². The normalized spacial score (nSPS) is 23.2. The van der Waals surface area contributed by atoms with Crippen molar-refractivity contribution in [2.75, 3.05) is 13.2 Å². The number of ether oxygens (including phenoxy) is 2. The molecule has 88 valence electrons. The Morgan fingerprint density at radius 2 is 2.19 bits per heavy atom. The predicted octanol–water partition coefficient (Wildman–Crippen LogP) is 2.83. The van der Waals surface area contributed by atoms with Gasteiger partial charge in [0.15, 0.2) is 6.29 Å². The minimum absolute atomic E-state index is 0.250. The van der Waals surface area contributed by atoms with Crippen LogP contribution in [0.4, 0.5) is 0 Å². The third-order valence-electron chi connectivity index (χ3n) is 2.97. The zero-order chi connectivity index (χ0) is 11.4. The van der Waals surface area contributed by atoms with Gasteiger partial charge in [-0.05, 0) is 37.3 Å². The number of rotatable bonds is 3. The average molecular weight is 221 g/mol. The third-order valence-corrected chi connectivity index (χ3v) is 2.97. The van der Waals surface area contributed by atoms with Crippen LogP contribution in [0.25, 0.3) is 0 Å². The van der Waals surface area contributed by atoms with Crippen molar-refractivity contribution in [3.63, 3.8) is 0 Å². The van der Waals surface area contributed by atoms with Crippen molar-refractivity contribution in [2.45, 2.75) is 39.4 Å². The van der Waals surface area contributed by atoms with E-state index in [1.807, 2.05) is 0 Å². The van der Waals surface area contributed by atoms with Crippen LogP contribution in [-0.4, -0.2) is 25.7 Å². The van der Waals surface area contributed by atoms with Gasteiger partial charge in [-0.1, -0.05) is 13.0 Å². The van der Waals surface area contributed by atoms with Gasteiger partial charge in [0.2, 0.25) is 0 Å². The first kappa shape index (κ1) is 11.6. The van der Waals surface area contributed by atoms with E-state index < -0.39 is 0 Å². The van der Waals surface area contributed by atoms with Gasteiger partial charge in [0.05, 0.1) is 25.1 Å². The summed E-state index contributed by atoms with van der Waals surface area (Å²) in [5.41, 5.74) is 3.85. The van der Waals surface area contributed by atoms with E-state index in [1.165, 1.54) is 11.1 Å². The smallest absolute Gasteiger partial charge is 0.194 e. The lowest BCUT2D eigenvalue weighted by molar-refractivity contribution is 0.0188. The van der Waals surface area contributed by atoms with Gasteiger partial charge in [0.25, 0.3) is 0 Å². The van der Waals surface area contributed by atoms with Crippen LogP contribution >= 0.6 is 0 Å². The fourth-order valence-corrected chi connectivity index (χ4v) is 2.06. The monoisotopic (exact) mass is 221 g/mol. The van der Waals surface area contributed by atoms with Crippen LogP contribution in [0.5, 0.6) is 0 Å². The molecule has 0 aromatic carbocycles. The summed E-state index contributed by atoms with van der Waals surface area (Å²) in [6, 6.07) is 0. The van der Waals surface area contributed by atoms with Crippen LogP contribution < -0.4 is 0 Å². The second kappa shape index (κ2) is 5.41. The number of aliphatic imine (C=N–C) groups is 1. The van der Waals surface area contributed by atoms with Gasteiger partial charge in [-0.3, -0.25) is 4.99 Å². The van der Waals surface area contributed by atoms with Crippen LogP contribution in [-0.2, 0) is 9.47 Å². The van der Waals surface area contributed by atoms with E-state index in [2.05, 4.69) is 24.9 Å². The molecule has 1 aliphatic carbocycles. The molecule has 1 heterocycles. The Bertz CT molecular complexity index is 336. The Kier molecular flexibility index (Phi) is 3.91. The van der Waals surface area contributed by atoms with Crippen LogP contribution in [0.2, 0.25) is 0 Å². The summed E-state index contributed by atoms with van der Waals surface area (Å²) in [4.78, 5) is 4.53. The Balaban J connectivity index is 2.08. The fraction of sp³-hybridized carbons (Fsp3) is 0.615. The molecule has 3 heteroatoms. The van der Waals surface area contributed by atoms with E-state index in [-0.39, 0.29) is 6.29 Å². The second-order valence-corrected chi connectivity index (χ2v) is 4.14. The first-order valence-electron chi connectivity index (χ1n) is 5.98. The summed E-state index contributed by atoms with van der Waals surface area (Å²) in [5, 5.41) is 0. The maximum absolute atomic E-state index is 5.33. The highest BCUT2D eigenvalue weighted by atomic mass is 16.7. The summed E-state index contributed by atoms with van der Waals surface area (Å²) < 4.78 is 10.7. The third kappa shape index (κ3) is 2.60. The van der Waals surface area contributed by atoms with E-state index in [4.69, 9.17) is 9.47 Å². The Morgan fingerprint density at radius 1 is 1.44 bits per heavy atom. The summed E-state index contributed by atoms with van der Waals surface area (Å²) in [6.07, 6.45) is 7.11. The Morgan fingerprint density at radius 3 is 2.88 bits per heavy atom. The minimum atomic E-state index is -0.250. The highest BCUT2D eigenvalue weighted by Gasteiger charge is 2.15. The largest absolute Gasteiger partial charge is 0.345 e. The van der Waals surface area contributed by atoms with Crippen molar-refractivity contribution in [3.05, 3.63) is 22.9 Å². The molecule has 0 amide bonds. The standard InChI is InChI=1S/C13H19NO2/c1-3-11-6-4-5-10(2)13(11)14-9-12-15-7-8-16-12/h6,9,12H,3-5,7-8H2,1-2H3. The van der Waals surface area contributed by atoms with Gasteiger partial charge >= 0.3 is 0 Å². The Labute approximate surface area is 96.9 Å². The molecule has 3 nitrogen and oxygen atoms in total. The van der Waals surface area contributed by atoms with Gasteiger partial charge in [0.1, 0.15) is 0 Å². The number of nitrogens with zero attached hydrogens (tertiary/aromatic N) is 1. The molecule has 1 aliphatic heterocycles. The van der Waals surface area contributed by atoms with Gasteiger partial charge in [-0.2, -0.15) is 0 Å². The molecule has 0 unspecified atom stereocenters. The molecule has 2 rings (SSSR count). The fourth-order valence-electron chi connectivity index (χ4n) is 2.06. The molecule has 2 aliphatic rings. The zero-order valence-electron chi connectivity index (χ0n) is 10.0. The maximum atomic E-state index is 5.33. The van der Waals surface area contributed by atoms with Crippen molar-refractivity contribution in [1.82, 2.24) is 0 Å². The van der Waals surface area contributed by atoms with Gasteiger partial charge in [-0.25, -0.2) is 0 Å². The van der Waals surface area contributed by atoms with Crippen molar-refractivity contribution in [1.29, 1.82) is 0 Å². The summed E-state index contributed by atoms with van der Waals surface area (Å²) in [5.74, 6) is 0. The highest BCUT2D eigenvalue weighted by molar-refractivity contribution is 5.64. The van der Waals surface area contributed by atoms with E-state index in [9.17, 15) is 0 Å². The Hall–Kier alpha value is -0.930. The molecule has 0 aromatic rings. The van der Waals surface area contributed by atoms with E-state index in [1.54, 1.807) is 6.21 Å².